The van der Waals surface area contributed by atoms with E-state index in [-0.39, 0.29) is 6.54 Å². The summed E-state index contributed by atoms with van der Waals surface area (Å²) in [6, 6.07) is 21.2. The first-order valence-electron chi connectivity index (χ1n) is 8.92. The number of benzene rings is 2. The average molecular weight is 394 g/mol. The fourth-order valence-corrected chi connectivity index (χ4v) is 3.39. The molecular weight excluding hydrogens is 372 g/mol. The third kappa shape index (κ3) is 5.06. The van der Waals surface area contributed by atoms with Gasteiger partial charge in [0, 0.05) is 4.88 Å². The molecule has 2 aromatic carbocycles. The highest BCUT2D eigenvalue weighted by molar-refractivity contribution is 7.09. The Labute approximate surface area is 168 Å². The lowest BCUT2D eigenvalue weighted by Gasteiger charge is -2.24. The Kier molecular flexibility index (Phi) is 6.23. The molecule has 3 N–H and O–H groups in total. The molecule has 0 aliphatic heterocycles. The lowest BCUT2D eigenvalue weighted by molar-refractivity contribution is -0.139. The number of aliphatic hydroxyl groups is 1. The highest BCUT2D eigenvalue weighted by Gasteiger charge is 2.25. The fourth-order valence-electron chi connectivity index (χ4n) is 2.75. The van der Waals surface area contributed by atoms with Gasteiger partial charge in [-0.25, -0.2) is 0 Å². The van der Waals surface area contributed by atoms with Crippen molar-refractivity contribution in [3.05, 3.63) is 82.6 Å². The van der Waals surface area contributed by atoms with Crippen LogP contribution in [-0.2, 0) is 21.7 Å². The van der Waals surface area contributed by atoms with Crippen LogP contribution >= 0.6 is 11.3 Å². The molecule has 2 amide bonds. The SMILES string of the molecule is C[C@@](O)(CNC(=O)C(=O)NCc1cccs1)c1ccc(-c2ccccc2)cc1. The van der Waals surface area contributed by atoms with Gasteiger partial charge in [-0.05, 0) is 35.1 Å². The van der Waals surface area contributed by atoms with Crippen molar-refractivity contribution in [2.75, 3.05) is 6.54 Å². The number of rotatable bonds is 6. The molecular formula is C22H22N2O3S. The monoisotopic (exact) mass is 394 g/mol. The van der Waals surface area contributed by atoms with E-state index in [1.54, 1.807) is 6.92 Å². The third-order valence-electron chi connectivity index (χ3n) is 4.42. The molecule has 3 rings (SSSR count). The van der Waals surface area contributed by atoms with Crippen LogP contribution in [0.3, 0.4) is 0 Å². The van der Waals surface area contributed by atoms with Crippen LogP contribution in [0.15, 0.2) is 72.1 Å². The van der Waals surface area contributed by atoms with Gasteiger partial charge >= 0.3 is 11.8 Å². The minimum atomic E-state index is -1.29. The molecule has 6 heteroatoms. The largest absolute Gasteiger partial charge is 0.384 e. The van der Waals surface area contributed by atoms with Gasteiger partial charge in [0.2, 0.25) is 0 Å². The maximum atomic E-state index is 12.0. The number of hydrogen-bond acceptors (Lipinski definition) is 4. The molecule has 1 heterocycles. The summed E-state index contributed by atoms with van der Waals surface area (Å²) in [6.07, 6.45) is 0. The molecule has 0 bridgehead atoms. The molecule has 0 radical (unpaired) electrons. The molecule has 1 atom stereocenters. The smallest absolute Gasteiger partial charge is 0.309 e. The van der Waals surface area contributed by atoms with Crippen molar-refractivity contribution in [2.24, 2.45) is 0 Å². The van der Waals surface area contributed by atoms with Gasteiger partial charge in [0.15, 0.2) is 0 Å². The van der Waals surface area contributed by atoms with E-state index in [2.05, 4.69) is 10.6 Å². The summed E-state index contributed by atoms with van der Waals surface area (Å²) in [7, 11) is 0. The van der Waals surface area contributed by atoms with Crippen molar-refractivity contribution in [1.29, 1.82) is 0 Å². The molecule has 0 unspecified atom stereocenters. The van der Waals surface area contributed by atoms with Crippen molar-refractivity contribution < 1.29 is 14.7 Å². The summed E-state index contributed by atoms with van der Waals surface area (Å²) < 4.78 is 0. The third-order valence-corrected chi connectivity index (χ3v) is 5.29. The van der Waals surface area contributed by atoms with Crippen LogP contribution < -0.4 is 10.6 Å². The molecule has 1 aromatic heterocycles. The van der Waals surface area contributed by atoms with Crippen LogP contribution in [-0.4, -0.2) is 23.5 Å². The van der Waals surface area contributed by atoms with Gasteiger partial charge in [-0.15, -0.1) is 11.3 Å². The predicted octanol–water partition coefficient (Wildman–Crippen LogP) is 3.06. The lowest BCUT2D eigenvalue weighted by atomic mass is 9.93. The van der Waals surface area contributed by atoms with Crippen molar-refractivity contribution in [2.45, 2.75) is 19.1 Å². The van der Waals surface area contributed by atoms with Crippen LogP contribution in [0.25, 0.3) is 11.1 Å². The van der Waals surface area contributed by atoms with Crippen molar-refractivity contribution in [1.82, 2.24) is 10.6 Å². The second kappa shape index (κ2) is 8.82. The molecule has 0 saturated carbocycles. The van der Waals surface area contributed by atoms with E-state index in [1.165, 1.54) is 11.3 Å². The number of hydrogen-bond donors (Lipinski definition) is 3. The minimum Gasteiger partial charge on any atom is -0.384 e. The highest BCUT2D eigenvalue weighted by atomic mass is 32.1. The molecule has 28 heavy (non-hydrogen) atoms. The summed E-state index contributed by atoms with van der Waals surface area (Å²) in [5.41, 5.74) is 1.49. The molecule has 0 fully saturated rings. The predicted molar refractivity (Wildman–Crippen MR) is 111 cm³/mol. The van der Waals surface area contributed by atoms with E-state index in [4.69, 9.17) is 0 Å². The standard InChI is InChI=1S/C22H22N2O3S/c1-22(27,15-24-21(26)20(25)23-14-19-8-5-13-28-19)18-11-9-17(10-12-18)16-6-3-2-4-7-16/h2-13,27H,14-15H2,1H3,(H,23,25)(H,24,26)/t22-/m1/s1. The number of carbonyl (C=O) groups excluding carboxylic acids is 2. The number of thiophene rings is 1. The molecule has 144 valence electrons. The molecule has 0 saturated heterocycles. The Hall–Kier alpha value is -2.96. The van der Waals surface area contributed by atoms with Crippen LogP contribution in [0.2, 0.25) is 0 Å². The van der Waals surface area contributed by atoms with E-state index < -0.39 is 17.4 Å². The molecule has 0 aliphatic rings. The van der Waals surface area contributed by atoms with Crippen LogP contribution in [0.5, 0.6) is 0 Å². The van der Waals surface area contributed by atoms with Gasteiger partial charge in [-0.1, -0.05) is 60.7 Å². The van der Waals surface area contributed by atoms with E-state index in [9.17, 15) is 14.7 Å². The summed E-state index contributed by atoms with van der Waals surface area (Å²) in [6.45, 7) is 1.85. The highest BCUT2D eigenvalue weighted by Crippen LogP contribution is 2.24. The second-order valence-corrected chi connectivity index (χ2v) is 7.69. The lowest BCUT2D eigenvalue weighted by Crippen LogP contribution is -2.45. The Bertz CT molecular complexity index is 920. The van der Waals surface area contributed by atoms with E-state index >= 15 is 0 Å². The number of carbonyl (C=O) groups is 2. The van der Waals surface area contributed by atoms with E-state index in [0.717, 1.165) is 16.0 Å². The van der Waals surface area contributed by atoms with Crippen molar-refractivity contribution >= 4 is 23.2 Å². The van der Waals surface area contributed by atoms with Gasteiger partial charge < -0.3 is 15.7 Å². The summed E-state index contributed by atoms with van der Waals surface area (Å²) in [5.74, 6) is -1.48. The first-order valence-corrected chi connectivity index (χ1v) is 9.80. The second-order valence-electron chi connectivity index (χ2n) is 6.66. The van der Waals surface area contributed by atoms with Gasteiger partial charge in [-0.2, -0.15) is 0 Å². The average Bonchev–Trinajstić information content (AvgIpc) is 3.25. The zero-order valence-corrected chi connectivity index (χ0v) is 16.3. The van der Waals surface area contributed by atoms with Crippen LogP contribution in [0.4, 0.5) is 0 Å². The molecule has 3 aromatic rings. The zero-order valence-electron chi connectivity index (χ0n) is 15.5. The van der Waals surface area contributed by atoms with Gasteiger partial charge in [-0.3, -0.25) is 9.59 Å². The van der Waals surface area contributed by atoms with Crippen molar-refractivity contribution in [3.8, 4) is 11.1 Å². The molecule has 0 aliphatic carbocycles. The molecule has 0 spiro atoms. The van der Waals surface area contributed by atoms with Crippen LogP contribution in [0.1, 0.15) is 17.4 Å². The van der Waals surface area contributed by atoms with E-state index in [1.807, 2.05) is 72.1 Å². The summed E-state index contributed by atoms with van der Waals surface area (Å²) in [5, 5.41) is 17.7. The van der Waals surface area contributed by atoms with Gasteiger partial charge in [0.05, 0.1) is 13.1 Å². The Morgan fingerprint density at radius 1 is 0.893 bits per heavy atom. The summed E-state index contributed by atoms with van der Waals surface area (Å²) in [4.78, 5) is 24.8. The maximum Gasteiger partial charge on any atom is 0.309 e. The van der Waals surface area contributed by atoms with Crippen molar-refractivity contribution in [3.63, 3.8) is 0 Å². The minimum absolute atomic E-state index is 0.0665. The fraction of sp³-hybridized carbons (Fsp3) is 0.182. The number of nitrogens with one attached hydrogen (secondary N) is 2. The van der Waals surface area contributed by atoms with Gasteiger partial charge in [0.25, 0.3) is 0 Å². The normalized spacial score (nSPS) is 12.8. The number of amides is 2. The Morgan fingerprint density at radius 2 is 1.54 bits per heavy atom. The Balaban J connectivity index is 1.55. The molecule has 5 nitrogen and oxygen atoms in total. The maximum absolute atomic E-state index is 12.0. The summed E-state index contributed by atoms with van der Waals surface area (Å²) >= 11 is 1.50. The first kappa shape index (κ1) is 19.8. The quantitative estimate of drug-likeness (QED) is 0.562. The zero-order chi connectivity index (χ0) is 20.0. The van der Waals surface area contributed by atoms with Gasteiger partial charge in [0.1, 0.15) is 5.60 Å². The Morgan fingerprint density at radius 3 is 2.18 bits per heavy atom. The topological polar surface area (TPSA) is 78.4 Å². The first-order chi connectivity index (χ1) is 13.5. The van der Waals surface area contributed by atoms with Crippen LogP contribution in [0, 0.1) is 0 Å². The van der Waals surface area contributed by atoms with E-state index in [0.29, 0.717) is 12.1 Å².